The van der Waals surface area contributed by atoms with Gasteiger partial charge in [-0.2, -0.15) is 5.01 Å². The van der Waals surface area contributed by atoms with Gasteiger partial charge in [0.1, 0.15) is 11.6 Å². The number of amides is 4. The van der Waals surface area contributed by atoms with Gasteiger partial charge in [0.15, 0.2) is 6.54 Å². The molecule has 2 aliphatic heterocycles. The fraction of sp³-hybridized carbons (Fsp3) is 0.650. The maximum absolute atomic E-state index is 12.9. The molecule has 1 aromatic heterocycles. The average molecular weight is 388 g/mol. The van der Waals surface area contributed by atoms with Crippen LogP contribution in [0.4, 0.5) is 4.79 Å². The number of rotatable bonds is 4. The second-order valence-corrected chi connectivity index (χ2v) is 8.69. The molecule has 1 aromatic rings. The van der Waals surface area contributed by atoms with Gasteiger partial charge in [0, 0.05) is 26.1 Å². The Kier molecular flexibility index (Phi) is 4.91. The van der Waals surface area contributed by atoms with E-state index in [1.165, 1.54) is 10.6 Å². The second-order valence-electron chi connectivity index (χ2n) is 8.69. The van der Waals surface area contributed by atoms with Crippen molar-refractivity contribution in [2.24, 2.45) is 13.0 Å². The maximum Gasteiger partial charge on any atom is 0.344 e. The molecule has 152 valence electrons. The summed E-state index contributed by atoms with van der Waals surface area (Å²) in [6.45, 7) is 3.32. The Labute approximate surface area is 165 Å². The number of carbonyl (C=O) groups excluding carboxylic acids is 3. The number of aryl methyl sites for hydroxylation is 1. The van der Waals surface area contributed by atoms with Crippen LogP contribution in [-0.2, 0) is 16.6 Å². The molecule has 3 heterocycles. The molecule has 8 heteroatoms. The van der Waals surface area contributed by atoms with Gasteiger partial charge >= 0.3 is 6.03 Å². The summed E-state index contributed by atoms with van der Waals surface area (Å²) in [5, 5.41) is 3.75. The Morgan fingerprint density at radius 1 is 1.32 bits per heavy atom. The Morgan fingerprint density at radius 3 is 2.75 bits per heavy atom. The molecule has 0 radical (unpaired) electrons. The molecule has 2 saturated heterocycles. The zero-order chi connectivity index (χ0) is 19.9. The van der Waals surface area contributed by atoms with Gasteiger partial charge in [-0.25, -0.2) is 4.79 Å². The molecule has 1 spiro atoms. The molecular weight excluding hydrogens is 358 g/mol. The Morgan fingerprint density at radius 2 is 2.07 bits per heavy atom. The van der Waals surface area contributed by atoms with Crippen LogP contribution in [0.5, 0.6) is 0 Å². The summed E-state index contributed by atoms with van der Waals surface area (Å²) < 4.78 is 2.10. The minimum absolute atomic E-state index is 0.247. The molecule has 1 aliphatic carbocycles. The lowest BCUT2D eigenvalue weighted by atomic mass is 9.77. The second kappa shape index (κ2) is 7.24. The van der Waals surface area contributed by atoms with Gasteiger partial charge in [-0.1, -0.05) is 6.92 Å². The maximum atomic E-state index is 12.9. The minimum atomic E-state index is -0.830. The van der Waals surface area contributed by atoms with Crippen molar-refractivity contribution in [3.8, 4) is 0 Å². The van der Waals surface area contributed by atoms with Crippen molar-refractivity contribution in [3.63, 3.8) is 0 Å². The molecule has 3 N–H and O–H groups in total. The van der Waals surface area contributed by atoms with Gasteiger partial charge < -0.3 is 14.8 Å². The zero-order valence-electron chi connectivity index (χ0n) is 16.7. The number of quaternary nitrogens is 1. The van der Waals surface area contributed by atoms with Crippen LogP contribution in [0.25, 0.3) is 0 Å². The number of aromatic nitrogens is 1. The van der Waals surface area contributed by atoms with Crippen LogP contribution in [0.2, 0.25) is 0 Å². The number of hydrazine groups is 1. The smallest absolute Gasteiger partial charge is 0.344 e. The third-order valence-electron chi connectivity index (χ3n) is 6.74. The number of hydrogen-bond acceptors (Lipinski definition) is 3. The van der Waals surface area contributed by atoms with Crippen molar-refractivity contribution in [1.82, 2.24) is 20.3 Å². The summed E-state index contributed by atoms with van der Waals surface area (Å²) >= 11 is 0. The van der Waals surface area contributed by atoms with Gasteiger partial charge in [-0.15, -0.1) is 0 Å². The van der Waals surface area contributed by atoms with Crippen molar-refractivity contribution in [2.75, 3.05) is 13.1 Å². The monoisotopic (exact) mass is 388 g/mol. The molecular formula is C20H30N5O3+. The SMILES string of the molecule is CC1CCC2(CC1)NC(=O)N(NC(=O)C[NH+]1CCC[C@H]1c1cccn1C)C2=O. The van der Waals surface area contributed by atoms with Crippen molar-refractivity contribution in [2.45, 2.75) is 57.0 Å². The summed E-state index contributed by atoms with van der Waals surface area (Å²) in [6.07, 6.45) is 7.20. The van der Waals surface area contributed by atoms with E-state index in [1.54, 1.807) is 0 Å². The third-order valence-corrected chi connectivity index (χ3v) is 6.74. The van der Waals surface area contributed by atoms with E-state index >= 15 is 0 Å². The standard InChI is InChI=1S/C20H29N5O3/c1-14-7-9-20(10-8-14)18(27)25(19(28)21-20)22-17(26)13-24-12-4-6-16(24)15-5-3-11-23(15)2/h3,5,11,14,16H,4,6-10,12-13H2,1-2H3,(H,21,28)(H,22,26)/p+1/t14?,16-,20?/m0/s1. The summed E-state index contributed by atoms with van der Waals surface area (Å²) in [7, 11) is 2.02. The van der Waals surface area contributed by atoms with E-state index in [2.05, 4.69) is 28.3 Å². The number of nitrogens with one attached hydrogen (secondary N) is 3. The Hall–Kier alpha value is -2.35. The topological polar surface area (TPSA) is 87.9 Å². The van der Waals surface area contributed by atoms with E-state index in [-0.39, 0.29) is 24.4 Å². The highest BCUT2D eigenvalue weighted by Gasteiger charge is 2.53. The third kappa shape index (κ3) is 3.30. The molecule has 4 amide bonds. The number of carbonyl (C=O) groups is 3. The van der Waals surface area contributed by atoms with Crippen LogP contribution in [0.1, 0.15) is 57.2 Å². The lowest BCUT2D eigenvalue weighted by Crippen LogP contribution is -3.11. The molecule has 3 aliphatic rings. The number of imide groups is 1. The van der Waals surface area contributed by atoms with Crippen molar-refractivity contribution < 1.29 is 19.3 Å². The average Bonchev–Trinajstić information content (AvgIpc) is 3.33. The highest BCUT2D eigenvalue weighted by Crippen LogP contribution is 2.35. The number of nitrogens with zero attached hydrogens (tertiary/aromatic N) is 2. The normalized spacial score (nSPS) is 32.8. The molecule has 28 heavy (non-hydrogen) atoms. The number of hydrogen-bond donors (Lipinski definition) is 3. The highest BCUT2D eigenvalue weighted by molar-refractivity contribution is 6.08. The molecule has 4 rings (SSSR count). The van der Waals surface area contributed by atoms with E-state index in [0.29, 0.717) is 18.8 Å². The van der Waals surface area contributed by atoms with E-state index in [4.69, 9.17) is 0 Å². The fourth-order valence-electron chi connectivity index (χ4n) is 5.00. The largest absolute Gasteiger partial charge is 0.350 e. The van der Waals surface area contributed by atoms with Gasteiger partial charge in [-0.05, 0) is 43.7 Å². The van der Waals surface area contributed by atoms with Crippen molar-refractivity contribution in [3.05, 3.63) is 24.0 Å². The van der Waals surface area contributed by atoms with Crippen LogP contribution in [0.3, 0.4) is 0 Å². The first-order valence-electron chi connectivity index (χ1n) is 10.3. The van der Waals surface area contributed by atoms with E-state index in [9.17, 15) is 14.4 Å². The first-order valence-corrected chi connectivity index (χ1v) is 10.3. The summed E-state index contributed by atoms with van der Waals surface area (Å²) in [4.78, 5) is 39.1. The summed E-state index contributed by atoms with van der Waals surface area (Å²) in [5.41, 5.74) is 2.96. The Bertz CT molecular complexity index is 781. The molecule has 0 aromatic carbocycles. The van der Waals surface area contributed by atoms with Gasteiger partial charge in [0.25, 0.3) is 11.8 Å². The van der Waals surface area contributed by atoms with E-state index in [0.717, 1.165) is 37.2 Å². The number of likely N-dealkylation sites (tertiary alicyclic amines) is 1. The van der Waals surface area contributed by atoms with Gasteiger partial charge in [0.2, 0.25) is 0 Å². The molecule has 0 bridgehead atoms. The lowest BCUT2D eigenvalue weighted by molar-refractivity contribution is -0.911. The molecule has 3 fully saturated rings. The van der Waals surface area contributed by atoms with Gasteiger partial charge in [-0.3, -0.25) is 15.0 Å². The van der Waals surface area contributed by atoms with Crippen LogP contribution in [0.15, 0.2) is 18.3 Å². The number of urea groups is 1. The fourth-order valence-corrected chi connectivity index (χ4v) is 5.00. The summed E-state index contributed by atoms with van der Waals surface area (Å²) in [6, 6.07) is 3.87. The molecule has 1 unspecified atom stereocenters. The van der Waals surface area contributed by atoms with Crippen LogP contribution in [0, 0.1) is 5.92 Å². The predicted octanol–water partition coefficient (Wildman–Crippen LogP) is 0.277. The summed E-state index contributed by atoms with van der Waals surface area (Å²) in [5.74, 6) is -0.0406. The predicted molar refractivity (Wildman–Crippen MR) is 102 cm³/mol. The van der Waals surface area contributed by atoms with E-state index in [1.807, 2.05) is 19.3 Å². The van der Waals surface area contributed by atoms with Crippen molar-refractivity contribution in [1.29, 1.82) is 0 Å². The lowest BCUT2D eigenvalue weighted by Gasteiger charge is -2.33. The first kappa shape index (κ1) is 19.0. The van der Waals surface area contributed by atoms with Gasteiger partial charge in [0.05, 0.1) is 12.2 Å². The highest BCUT2D eigenvalue weighted by atomic mass is 16.2. The van der Waals surface area contributed by atoms with Crippen molar-refractivity contribution >= 4 is 17.8 Å². The molecule has 2 atom stereocenters. The van der Waals surface area contributed by atoms with Crippen LogP contribution >= 0.6 is 0 Å². The van der Waals surface area contributed by atoms with E-state index < -0.39 is 11.6 Å². The Balaban J connectivity index is 1.39. The molecule has 8 nitrogen and oxygen atoms in total. The first-order chi connectivity index (χ1) is 13.4. The quantitative estimate of drug-likeness (QED) is 0.648. The minimum Gasteiger partial charge on any atom is -0.350 e. The van der Waals surface area contributed by atoms with Crippen LogP contribution in [-0.4, -0.2) is 46.0 Å². The zero-order valence-corrected chi connectivity index (χ0v) is 16.7. The molecule has 1 saturated carbocycles. The van der Waals surface area contributed by atoms with Crippen LogP contribution < -0.4 is 15.6 Å².